The number of hydrogen-bond acceptors (Lipinski definition) is 5. The molecule has 0 radical (unpaired) electrons. The molecule has 1 rings (SSSR count). The van der Waals surface area contributed by atoms with Crippen molar-refractivity contribution in [3.05, 3.63) is 5.82 Å². The molecular formula is C9H14F3N3OS. The number of aliphatic hydroxyl groups is 1. The van der Waals surface area contributed by atoms with Crippen LogP contribution in [0, 0.1) is 5.41 Å². The maximum absolute atomic E-state index is 12.2. The molecule has 0 saturated carbocycles. The molecule has 0 aliphatic heterocycles. The molecule has 17 heavy (non-hydrogen) atoms. The Balaban J connectivity index is 2.56. The quantitative estimate of drug-likeness (QED) is 0.861. The fraction of sp³-hybridized carbons (Fsp3) is 0.778. The van der Waals surface area contributed by atoms with Crippen LogP contribution >= 0.6 is 11.5 Å². The number of aromatic nitrogens is 2. The topological polar surface area (TPSA) is 58.0 Å². The smallest absolute Gasteiger partial charge is 0.396 e. The minimum absolute atomic E-state index is 0.0403. The van der Waals surface area contributed by atoms with Gasteiger partial charge in [-0.2, -0.15) is 22.5 Å². The molecule has 98 valence electrons. The molecule has 4 nitrogen and oxygen atoms in total. The molecule has 1 aromatic heterocycles. The monoisotopic (exact) mass is 269 g/mol. The fourth-order valence-electron chi connectivity index (χ4n) is 1.12. The summed E-state index contributed by atoms with van der Waals surface area (Å²) < 4.78 is 39.9. The number of alkyl halides is 3. The molecule has 1 aromatic rings. The zero-order chi connectivity index (χ0) is 13.1. The molecule has 0 fully saturated rings. The van der Waals surface area contributed by atoms with Gasteiger partial charge in [0.25, 0.3) is 0 Å². The van der Waals surface area contributed by atoms with Gasteiger partial charge in [0.05, 0.1) is 0 Å². The van der Waals surface area contributed by atoms with Crippen molar-refractivity contribution in [2.75, 3.05) is 18.5 Å². The third-order valence-electron chi connectivity index (χ3n) is 2.19. The SMILES string of the molecule is CC(C)(CCO)CNc1nc(C(F)(F)F)ns1. The Hall–Kier alpha value is -0.890. The summed E-state index contributed by atoms with van der Waals surface area (Å²) in [7, 11) is 0. The average molecular weight is 269 g/mol. The van der Waals surface area contributed by atoms with Crippen LogP contribution in [0.2, 0.25) is 0 Å². The van der Waals surface area contributed by atoms with Crippen molar-refractivity contribution < 1.29 is 18.3 Å². The van der Waals surface area contributed by atoms with Crippen LogP contribution in [0.15, 0.2) is 0 Å². The first-order valence-electron chi connectivity index (χ1n) is 5.00. The fourth-order valence-corrected chi connectivity index (χ4v) is 1.70. The molecule has 0 spiro atoms. The van der Waals surface area contributed by atoms with E-state index in [4.69, 9.17) is 5.11 Å². The molecule has 0 atom stereocenters. The molecule has 2 N–H and O–H groups in total. The van der Waals surface area contributed by atoms with Crippen molar-refractivity contribution in [1.29, 1.82) is 0 Å². The third kappa shape index (κ3) is 4.47. The maximum Gasteiger partial charge on any atom is 0.452 e. The molecule has 0 amide bonds. The van der Waals surface area contributed by atoms with Crippen molar-refractivity contribution in [3.63, 3.8) is 0 Å². The van der Waals surface area contributed by atoms with E-state index >= 15 is 0 Å². The number of hydrogen-bond donors (Lipinski definition) is 2. The van der Waals surface area contributed by atoms with E-state index in [1.807, 2.05) is 13.8 Å². The number of anilines is 1. The molecule has 1 heterocycles. The van der Waals surface area contributed by atoms with Crippen LogP contribution in [0.3, 0.4) is 0 Å². The Morgan fingerprint density at radius 1 is 1.35 bits per heavy atom. The highest BCUT2D eigenvalue weighted by Gasteiger charge is 2.36. The lowest BCUT2D eigenvalue weighted by atomic mass is 9.90. The highest BCUT2D eigenvalue weighted by Crippen LogP contribution is 2.29. The third-order valence-corrected chi connectivity index (χ3v) is 2.86. The van der Waals surface area contributed by atoms with E-state index in [9.17, 15) is 13.2 Å². The van der Waals surface area contributed by atoms with E-state index in [0.717, 1.165) is 0 Å². The van der Waals surface area contributed by atoms with Crippen molar-refractivity contribution in [3.8, 4) is 0 Å². The summed E-state index contributed by atoms with van der Waals surface area (Å²) in [6.07, 6.45) is -3.94. The van der Waals surface area contributed by atoms with Gasteiger partial charge in [0.2, 0.25) is 11.0 Å². The summed E-state index contributed by atoms with van der Waals surface area (Å²) in [5.74, 6) is -1.12. The summed E-state index contributed by atoms with van der Waals surface area (Å²) in [6.45, 7) is 4.28. The van der Waals surface area contributed by atoms with Gasteiger partial charge >= 0.3 is 6.18 Å². The first-order chi connectivity index (χ1) is 7.74. The molecule has 0 saturated heterocycles. The lowest BCUT2D eigenvalue weighted by molar-refractivity contribution is -0.144. The summed E-state index contributed by atoms with van der Waals surface area (Å²) in [6, 6.07) is 0. The summed E-state index contributed by atoms with van der Waals surface area (Å²) in [5, 5.41) is 11.7. The van der Waals surface area contributed by atoms with Crippen LogP contribution in [0.5, 0.6) is 0 Å². The maximum atomic E-state index is 12.2. The minimum Gasteiger partial charge on any atom is -0.396 e. The van der Waals surface area contributed by atoms with E-state index in [-0.39, 0.29) is 17.2 Å². The van der Waals surface area contributed by atoms with Crippen LogP contribution in [-0.4, -0.2) is 27.6 Å². The van der Waals surface area contributed by atoms with E-state index in [2.05, 4.69) is 14.7 Å². The van der Waals surface area contributed by atoms with E-state index in [0.29, 0.717) is 24.5 Å². The number of nitrogens with one attached hydrogen (secondary N) is 1. The van der Waals surface area contributed by atoms with Crippen LogP contribution in [0.1, 0.15) is 26.1 Å². The number of aliphatic hydroxyl groups excluding tert-OH is 1. The van der Waals surface area contributed by atoms with Crippen LogP contribution in [0.4, 0.5) is 18.3 Å². The number of nitrogens with zero attached hydrogens (tertiary/aromatic N) is 2. The normalized spacial score (nSPS) is 12.8. The second-order valence-corrected chi connectivity index (χ2v) is 5.16. The highest BCUT2D eigenvalue weighted by molar-refractivity contribution is 7.09. The molecule has 0 aliphatic carbocycles. The summed E-state index contributed by atoms with van der Waals surface area (Å²) in [5.41, 5.74) is -0.210. The number of halogens is 3. The summed E-state index contributed by atoms with van der Waals surface area (Å²) in [4.78, 5) is 3.35. The van der Waals surface area contributed by atoms with Crippen LogP contribution < -0.4 is 5.32 Å². The van der Waals surface area contributed by atoms with Gasteiger partial charge in [0.15, 0.2) is 0 Å². The van der Waals surface area contributed by atoms with E-state index in [1.165, 1.54) is 0 Å². The predicted molar refractivity (Wildman–Crippen MR) is 58.9 cm³/mol. The van der Waals surface area contributed by atoms with Gasteiger partial charge < -0.3 is 10.4 Å². The Morgan fingerprint density at radius 3 is 2.47 bits per heavy atom. The molecule has 0 bridgehead atoms. The molecular weight excluding hydrogens is 255 g/mol. The molecule has 8 heteroatoms. The number of rotatable bonds is 5. The lowest BCUT2D eigenvalue weighted by Gasteiger charge is -2.23. The lowest BCUT2D eigenvalue weighted by Crippen LogP contribution is -2.24. The van der Waals surface area contributed by atoms with Crippen molar-refractivity contribution >= 4 is 16.7 Å². The van der Waals surface area contributed by atoms with Gasteiger partial charge in [-0.05, 0) is 11.8 Å². The van der Waals surface area contributed by atoms with Gasteiger partial charge in [-0.3, -0.25) is 0 Å². The van der Waals surface area contributed by atoms with Crippen LogP contribution in [-0.2, 0) is 6.18 Å². The molecule has 0 aliphatic rings. The van der Waals surface area contributed by atoms with Gasteiger partial charge in [-0.1, -0.05) is 13.8 Å². The standard InChI is InChI=1S/C9H14F3N3OS/c1-8(2,3-4-16)5-13-7-14-6(15-17-7)9(10,11)12/h16H,3-5H2,1-2H3,(H,13,14,15). The minimum atomic E-state index is -4.50. The second kappa shape index (κ2) is 5.18. The van der Waals surface area contributed by atoms with E-state index < -0.39 is 12.0 Å². The second-order valence-electron chi connectivity index (χ2n) is 4.41. The van der Waals surface area contributed by atoms with E-state index in [1.54, 1.807) is 0 Å². The van der Waals surface area contributed by atoms with Gasteiger partial charge in [0, 0.05) is 24.7 Å². The van der Waals surface area contributed by atoms with Gasteiger partial charge in [-0.25, -0.2) is 0 Å². The average Bonchev–Trinajstić information content (AvgIpc) is 2.62. The first-order valence-corrected chi connectivity index (χ1v) is 5.77. The van der Waals surface area contributed by atoms with Crippen molar-refractivity contribution in [2.24, 2.45) is 5.41 Å². The Kier molecular flexibility index (Phi) is 4.31. The Labute approximate surface area is 101 Å². The highest BCUT2D eigenvalue weighted by atomic mass is 32.1. The van der Waals surface area contributed by atoms with Gasteiger partial charge in [0.1, 0.15) is 0 Å². The molecule has 0 aromatic carbocycles. The first kappa shape index (κ1) is 14.2. The molecule has 0 unspecified atom stereocenters. The summed E-state index contributed by atoms with van der Waals surface area (Å²) >= 11 is 0.680. The zero-order valence-electron chi connectivity index (χ0n) is 9.51. The predicted octanol–water partition coefficient (Wildman–Crippen LogP) is 2.38. The van der Waals surface area contributed by atoms with Gasteiger partial charge in [-0.15, -0.1) is 0 Å². The van der Waals surface area contributed by atoms with Crippen molar-refractivity contribution in [2.45, 2.75) is 26.4 Å². The Morgan fingerprint density at radius 2 is 2.00 bits per heavy atom. The zero-order valence-corrected chi connectivity index (χ0v) is 10.3. The largest absolute Gasteiger partial charge is 0.452 e. The van der Waals surface area contributed by atoms with Crippen LogP contribution in [0.25, 0.3) is 0 Å². The Bertz CT molecular complexity index is 365. The van der Waals surface area contributed by atoms with Crippen molar-refractivity contribution in [1.82, 2.24) is 9.36 Å².